The summed E-state index contributed by atoms with van der Waals surface area (Å²) >= 11 is 0. The van der Waals surface area contributed by atoms with Crippen molar-refractivity contribution >= 4 is 11.7 Å². The molecule has 0 aliphatic heterocycles. The van der Waals surface area contributed by atoms with E-state index in [-0.39, 0.29) is 11.8 Å². The van der Waals surface area contributed by atoms with Crippen LogP contribution >= 0.6 is 0 Å². The van der Waals surface area contributed by atoms with Gasteiger partial charge in [0.2, 0.25) is 5.88 Å². The summed E-state index contributed by atoms with van der Waals surface area (Å²) in [4.78, 5) is 16.1. The Kier molecular flexibility index (Phi) is 5.67. The van der Waals surface area contributed by atoms with Gasteiger partial charge >= 0.3 is 6.03 Å². The normalized spacial score (nSPS) is 10.2. The Morgan fingerprint density at radius 1 is 1.00 bits per heavy atom. The molecule has 3 rings (SSSR count). The van der Waals surface area contributed by atoms with Gasteiger partial charge in [0.25, 0.3) is 0 Å². The van der Waals surface area contributed by atoms with E-state index in [9.17, 15) is 9.90 Å². The van der Waals surface area contributed by atoms with Gasteiger partial charge in [0.1, 0.15) is 12.4 Å². The van der Waals surface area contributed by atoms with Crippen molar-refractivity contribution < 1.29 is 14.6 Å². The fourth-order valence-electron chi connectivity index (χ4n) is 2.30. The summed E-state index contributed by atoms with van der Waals surface area (Å²) in [6.07, 6.45) is 1.54. The second kappa shape index (κ2) is 8.53. The van der Waals surface area contributed by atoms with E-state index in [0.717, 1.165) is 11.1 Å². The van der Waals surface area contributed by atoms with Gasteiger partial charge in [0.15, 0.2) is 0 Å². The number of carbonyl (C=O) groups excluding carboxylic acids is 1. The van der Waals surface area contributed by atoms with Crippen LogP contribution < -0.4 is 15.4 Å². The molecule has 0 atom stereocenters. The number of benzene rings is 2. The molecule has 3 N–H and O–H groups in total. The van der Waals surface area contributed by atoms with Crippen LogP contribution in [0.3, 0.4) is 0 Å². The van der Waals surface area contributed by atoms with E-state index in [2.05, 4.69) is 15.6 Å². The third-order valence-electron chi connectivity index (χ3n) is 3.59. The van der Waals surface area contributed by atoms with Crippen LogP contribution in [0.2, 0.25) is 0 Å². The molecule has 6 nitrogen and oxygen atoms in total. The van der Waals surface area contributed by atoms with Crippen molar-refractivity contribution in [2.45, 2.75) is 13.2 Å². The van der Waals surface area contributed by atoms with Crippen molar-refractivity contribution in [3.63, 3.8) is 0 Å². The number of nitrogens with one attached hydrogen (secondary N) is 2. The van der Waals surface area contributed by atoms with Crippen LogP contribution in [0.5, 0.6) is 11.6 Å². The number of rotatable bonds is 6. The SMILES string of the molecule is O=C(NCc1cccc(O)c1)Nc1ccc(OCc2ccccc2)nc1. The van der Waals surface area contributed by atoms with Crippen molar-refractivity contribution in [3.8, 4) is 11.6 Å². The Labute approximate surface area is 151 Å². The standard InChI is InChI=1S/C20H19N3O3/c24-18-8-4-7-16(11-18)12-22-20(25)23-17-9-10-19(21-13-17)26-14-15-5-2-1-3-6-15/h1-11,13,24H,12,14H2,(H2,22,23,25). The first-order valence-corrected chi connectivity index (χ1v) is 8.14. The van der Waals surface area contributed by atoms with Crippen LogP contribution in [0.4, 0.5) is 10.5 Å². The predicted molar refractivity (Wildman–Crippen MR) is 99.0 cm³/mol. The van der Waals surface area contributed by atoms with Gasteiger partial charge in [-0.05, 0) is 29.3 Å². The summed E-state index contributed by atoms with van der Waals surface area (Å²) in [5.41, 5.74) is 2.43. The first kappa shape index (κ1) is 17.3. The molecule has 2 amide bonds. The molecule has 0 saturated carbocycles. The molecule has 0 bridgehead atoms. The zero-order chi connectivity index (χ0) is 18.2. The molecule has 6 heteroatoms. The molecular formula is C20H19N3O3. The van der Waals surface area contributed by atoms with Gasteiger partial charge in [-0.1, -0.05) is 42.5 Å². The molecule has 0 fully saturated rings. The van der Waals surface area contributed by atoms with Crippen LogP contribution in [0.15, 0.2) is 72.9 Å². The number of anilines is 1. The summed E-state index contributed by atoms with van der Waals surface area (Å²) < 4.78 is 5.61. The van der Waals surface area contributed by atoms with Crippen molar-refractivity contribution in [2.24, 2.45) is 0 Å². The lowest BCUT2D eigenvalue weighted by Crippen LogP contribution is -2.28. The quantitative estimate of drug-likeness (QED) is 0.634. The highest BCUT2D eigenvalue weighted by Crippen LogP contribution is 2.14. The highest BCUT2D eigenvalue weighted by atomic mass is 16.5. The largest absolute Gasteiger partial charge is 0.508 e. The van der Waals surface area contributed by atoms with E-state index in [0.29, 0.717) is 24.7 Å². The Balaban J connectivity index is 1.46. The monoisotopic (exact) mass is 349 g/mol. The van der Waals surface area contributed by atoms with Crippen molar-refractivity contribution in [1.82, 2.24) is 10.3 Å². The van der Waals surface area contributed by atoms with Gasteiger partial charge in [-0.15, -0.1) is 0 Å². The maximum Gasteiger partial charge on any atom is 0.319 e. The van der Waals surface area contributed by atoms with Crippen molar-refractivity contribution in [3.05, 3.63) is 84.1 Å². The zero-order valence-corrected chi connectivity index (χ0v) is 14.1. The fourth-order valence-corrected chi connectivity index (χ4v) is 2.30. The molecule has 0 saturated heterocycles. The molecule has 0 aliphatic carbocycles. The number of carbonyl (C=O) groups is 1. The van der Waals surface area contributed by atoms with Crippen LogP contribution in [-0.2, 0) is 13.2 Å². The summed E-state index contributed by atoms with van der Waals surface area (Å²) in [6, 6.07) is 19.6. The highest BCUT2D eigenvalue weighted by molar-refractivity contribution is 5.88. The number of urea groups is 1. The highest BCUT2D eigenvalue weighted by Gasteiger charge is 2.04. The van der Waals surface area contributed by atoms with Gasteiger partial charge in [-0.25, -0.2) is 9.78 Å². The molecule has 1 heterocycles. The molecule has 3 aromatic rings. The molecular weight excluding hydrogens is 330 g/mol. The van der Waals surface area contributed by atoms with Crippen LogP contribution in [0.1, 0.15) is 11.1 Å². The zero-order valence-electron chi connectivity index (χ0n) is 14.1. The summed E-state index contributed by atoms with van der Waals surface area (Å²) in [6.45, 7) is 0.747. The van der Waals surface area contributed by atoms with E-state index in [1.807, 2.05) is 36.4 Å². The number of hydrogen-bond donors (Lipinski definition) is 3. The lowest BCUT2D eigenvalue weighted by Gasteiger charge is -2.09. The molecule has 0 unspecified atom stereocenters. The van der Waals surface area contributed by atoms with Gasteiger partial charge in [-0.3, -0.25) is 0 Å². The number of amides is 2. The van der Waals surface area contributed by atoms with E-state index in [1.165, 1.54) is 6.20 Å². The third kappa shape index (κ3) is 5.24. The van der Waals surface area contributed by atoms with Gasteiger partial charge in [0.05, 0.1) is 11.9 Å². The molecule has 1 aromatic heterocycles. The predicted octanol–water partition coefficient (Wildman–Crippen LogP) is 3.69. The Morgan fingerprint density at radius 2 is 1.81 bits per heavy atom. The van der Waals surface area contributed by atoms with E-state index in [1.54, 1.807) is 30.3 Å². The van der Waals surface area contributed by atoms with E-state index >= 15 is 0 Å². The Morgan fingerprint density at radius 3 is 2.54 bits per heavy atom. The summed E-state index contributed by atoms with van der Waals surface area (Å²) in [5, 5.41) is 14.8. The molecule has 0 spiro atoms. The molecule has 132 valence electrons. The first-order chi connectivity index (χ1) is 12.7. The number of aromatic hydroxyl groups is 1. The number of hydrogen-bond acceptors (Lipinski definition) is 4. The first-order valence-electron chi connectivity index (χ1n) is 8.14. The summed E-state index contributed by atoms with van der Waals surface area (Å²) in [7, 11) is 0. The smallest absolute Gasteiger partial charge is 0.319 e. The number of aromatic nitrogens is 1. The average Bonchev–Trinajstić information content (AvgIpc) is 2.67. The second-order valence-electron chi connectivity index (χ2n) is 5.64. The lowest BCUT2D eigenvalue weighted by atomic mass is 10.2. The fraction of sp³-hybridized carbons (Fsp3) is 0.100. The van der Waals surface area contributed by atoms with Crippen LogP contribution in [-0.4, -0.2) is 16.1 Å². The third-order valence-corrected chi connectivity index (χ3v) is 3.59. The van der Waals surface area contributed by atoms with Crippen molar-refractivity contribution in [2.75, 3.05) is 5.32 Å². The summed E-state index contributed by atoms with van der Waals surface area (Å²) in [5.74, 6) is 0.652. The van der Waals surface area contributed by atoms with Gasteiger partial charge in [-0.2, -0.15) is 0 Å². The van der Waals surface area contributed by atoms with Crippen LogP contribution in [0.25, 0.3) is 0 Å². The molecule has 26 heavy (non-hydrogen) atoms. The van der Waals surface area contributed by atoms with E-state index in [4.69, 9.17) is 4.74 Å². The number of pyridine rings is 1. The van der Waals surface area contributed by atoms with Gasteiger partial charge in [0, 0.05) is 12.6 Å². The maximum atomic E-state index is 11.9. The van der Waals surface area contributed by atoms with Crippen molar-refractivity contribution in [1.29, 1.82) is 0 Å². The van der Waals surface area contributed by atoms with E-state index < -0.39 is 0 Å². The maximum absolute atomic E-state index is 11.9. The Bertz CT molecular complexity index is 852. The van der Waals surface area contributed by atoms with Crippen LogP contribution in [0, 0.1) is 0 Å². The average molecular weight is 349 g/mol. The number of ether oxygens (including phenoxy) is 1. The van der Waals surface area contributed by atoms with Gasteiger partial charge < -0.3 is 20.5 Å². The molecule has 0 aliphatic rings. The minimum atomic E-state index is -0.354. The number of phenolic OH excluding ortho intramolecular Hbond substituents is 1. The number of nitrogens with zero attached hydrogens (tertiary/aromatic N) is 1. The number of phenols is 1. The topological polar surface area (TPSA) is 83.5 Å². The molecule has 0 radical (unpaired) electrons. The second-order valence-corrected chi connectivity index (χ2v) is 5.64. The minimum Gasteiger partial charge on any atom is -0.508 e. The Hall–Kier alpha value is -3.54. The lowest BCUT2D eigenvalue weighted by molar-refractivity contribution is 0.251. The minimum absolute atomic E-state index is 0.167. The molecule has 2 aromatic carbocycles.